The van der Waals surface area contributed by atoms with E-state index in [1.807, 2.05) is 6.07 Å². The molecular weight excluding hydrogens is 224 g/mol. The van der Waals surface area contributed by atoms with Crippen LogP contribution < -0.4 is 5.73 Å². The van der Waals surface area contributed by atoms with Crippen LogP contribution >= 0.6 is 0 Å². The number of benzene rings is 1. The monoisotopic (exact) mass is 246 g/mol. The summed E-state index contributed by atoms with van der Waals surface area (Å²) in [4.78, 5) is 13.5. The third-order valence-corrected chi connectivity index (χ3v) is 3.91. The number of hydrogen-bond donors (Lipinski definition) is 1. The molecule has 3 heteroatoms. The van der Waals surface area contributed by atoms with E-state index < -0.39 is 0 Å². The molecule has 1 aromatic carbocycles. The molecule has 0 aromatic heterocycles. The smallest absolute Gasteiger partial charge is 0.234 e. The summed E-state index contributed by atoms with van der Waals surface area (Å²) >= 11 is 0. The number of nitrogens with zero attached hydrogens (tertiary/aromatic N) is 1. The van der Waals surface area contributed by atoms with E-state index in [0.29, 0.717) is 5.92 Å². The molecule has 1 saturated heterocycles. The Hall–Kier alpha value is -1.35. The van der Waals surface area contributed by atoms with E-state index in [1.165, 1.54) is 5.56 Å². The quantitative estimate of drug-likeness (QED) is 0.865. The lowest BCUT2D eigenvalue weighted by atomic mass is 9.97. The van der Waals surface area contributed by atoms with Crippen LogP contribution in [-0.2, 0) is 4.79 Å². The molecule has 0 bridgehead atoms. The third-order valence-electron chi connectivity index (χ3n) is 3.91. The molecule has 2 rings (SSSR count). The second-order valence-corrected chi connectivity index (χ2v) is 5.20. The Balaban J connectivity index is 1.86. The molecule has 1 amide bonds. The number of nitrogens with two attached hydrogens (primary N) is 1. The molecule has 0 saturated carbocycles. The number of likely N-dealkylation sites (tertiary alicyclic amines) is 1. The fraction of sp³-hybridized carbons (Fsp3) is 0.533. The normalized spacial score (nSPS) is 21.9. The molecule has 98 valence electrons. The van der Waals surface area contributed by atoms with Gasteiger partial charge in [-0.15, -0.1) is 0 Å². The van der Waals surface area contributed by atoms with Crippen molar-refractivity contribution in [1.29, 1.82) is 0 Å². The largest absolute Gasteiger partial charge is 0.368 e. The van der Waals surface area contributed by atoms with Gasteiger partial charge in [-0.2, -0.15) is 0 Å². The summed E-state index contributed by atoms with van der Waals surface area (Å²) in [6.07, 6.45) is 3.09. The fourth-order valence-electron chi connectivity index (χ4n) is 2.72. The van der Waals surface area contributed by atoms with Gasteiger partial charge in [0, 0.05) is 0 Å². The summed E-state index contributed by atoms with van der Waals surface area (Å²) in [5.74, 6) is 0.361. The molecule has 1 aromatic rings. The molecule has 2 atom stereocenters. The van der Waals surface area contributed by atoms with Crippen molar-refractivity contribution in [2.45, 2.75) is 38.1 Å². The summed E-state index contributed by atoms with van der Waals surface area (Å²) in [6, 6.07) is 10.5. The van der Waals surface area contributed by atoms with Gasteiger partial charge >= 0.3 is 0 Å². The van der Waals surface area contributed by atoms with Crippen molar-refractivity contribution in [2.75, 3.05) is 13.1 Å². The molecule has 1 fully saturated rings. The highest BCUT2D eigenvalue weighted by atomic mass is 16.1. The Kier molecular flexibility index (Phi) is 4.37. The van der Waals surface area contributed by atoms with Crippen molar-refractivity contribution in [2.24, 2.45) is 5.73 Å². The van der Waals surface area contributed by atoms with Crippen molar-refractivity contribution in [1.82, 2.24) is 4.90 Å². The molecule has 0 aliphatic carbocycles. The predicted octanol–water partition coefficient (Wildman–Crippen LogP) is 2.13. The van der Waals surface area contributed by atoms with E-state index in [9.17, 15) is 4.79 Å². The summed E-state index contributed by atoms with van der Waals surface area (Å²) in [7, 11) is 0. The minimum atomic E-state index is -0.167. The minimum Gasteiger partial charge on any atom is -0.368 e. The number of rotatable bonds is 5. The van der Waals surface area contributed by atoms with Gasteiger partial charge < -0.3 is 5.73 Å². The first-order valence-corrected chi connectivity index (χ1v) is 6.77. The van der Waals surface area contributed by atoms with Crippen LogP contribution in [0.25, 0.3) is 0 Å². The van der Waals surface area contributed by atoms with E-state index in [-0.39, 0.29) is 11.9 Å². The van der Waals surface area contributed by atoms with Gasteiger partial charge in [0.05, 0.1) is 6.04 Å². The molecule has 3 nitrogen and oxygen atoms in total. The van der Waals surface area contributed by atoms with E-state index in [4.69, 9.17) is 5.73 Å². The third kappa shape index (κ3) is 3.10. The zero-order chi connectivity index (χ0) is 13.0. The lowest BCUT2D eigenvalue weighted by molar-refractivity contribution is -0.122. The lowest BCUT2D eigenvalue weighted by Crippen LogP contribution is -2.40. The van der Waals surface area contributed by atoms with Crippen LogP contribution in [0.4, 0.5) is 0 Å². The second-order valence-electron chi connectivity index (χ2n) is 5.20. The van der Waals surface area contributed by atoms with Gasteiger partial charge in [0.1, 0.15) is 0 Å². The number of carbonyl (C=O) groups is 1. The Morgan fingerprint density at radius 2 is 2.17 bits per heavy atom. The maximum atomic E-state index is 11.3. The SMILES string of the molecule is C[C@H](CCN1CCC[C@H]1C(N)=O)c1ccccc1. The van der Waals surface area contributed by atoms with E-state index in [0.717, 1.165) is 32.4 Å². The van der Waals surface area contributed by atoms with Gasteiger partial charge in [-0.3, -0.25) is 9.69 Å². The summed E-state index contributed by atoms with van der Waals surface area (Å²) in [5, 5.41) is 0. The predicted molar refractivity (Wildman–Crippen MR) is 73.3 cm³/mol. The zero-order valence-electron chi connectivity index (χ0n) is 11.0. The average molecular weight is 246 g/mol. The number of primary amides is 1. The second kappa shape index (κ2) is 6.01. The van der Waals surface area contributed by atoms with Crippen molar-refractivity contribution in [3.8, 4) is 0 Å². The van der Waals surface area contributed by atoms with Crippen molar-refractivity contribution < 1.29 is 4.79 Å². The summed E-state index contributed by atoms with van der Waals surface area (Å²) in [6.45, 7) is 4.21. The van der Waals surface area contributed by atoms with E-state index >= 15 is 0 Å². The van der Waals surface area contributed by atoms with Crippen LogP contribution in [0.1, 0.15) is 37.7 Å². The Labute approximate surface area is 109 Å². The Morgan fingerprint density at radius 1 is 1.44 bits per heavy atom. The number of carbonyl (C=O) groups excluding carboxylic acids is 1. The molecule has 18 heavy (non-hydrogen) atoms. The van der Waals surface area contributed by atoms with Gasteiger partial charge in [0.2, 0.25) is 5.91 Å². The van der Waals surface area contributed by atoms with Crippen LogP contribution in [-0.4, -0.2) is 29.9 Å². The first-order valence-electron chi connectivity index (χ1n) is 6.77. The zero-order valence-corrected chi connectivity index (χ0v) is 11.0. The van der Waals surface area contributed by atoms with Crippen LogP contribution in [0.15, 0.2) is 30.3 Å². The number of amides is 1. The van der Waals surface area contributed by atoms with Gasteiger partial charge in [0.25, 0.3) is 0 Å². The molecule has 1 aliphatic rings. The Bertz CT molecular complexity index is 391. The standard InChI is InChI=1S/C15H22N2O/c1-12(13-6-3-2-4-7-13)9-11-17-10-5-8-14(17)15(16)18/h2-4,6-7,12,14H,5,8-11H2,1H3,(H2,16,18)/t12-,14+/m1/s1. The van der Waals surface area contributed by atoms with E-state index in [2.05, 4.69) is 36.1 Å². The van der Waals surface area contributed by atoms with Crippen molar-refractivity contribution >= 4 is 5.91 Å². The molecule has 0 spiro atoms. The highest BCUT2D eigenvalue weighted by Gasteiger charge is 2.28. The molecule has 0 radical (unpaired) electrons. The van der Waals surface area contributed by atoms with Crippen LogP contribution in [0.3, 0.4) is 0 Å². The first kappa shape index (κ1) is 13.1. The first-order chi connectivity index (χ1) is 8.68. The minimum absolute atomic E-state index is 0.0343. The highest BCUT2D eigenvalue weighted by molar-refractivity contribution is 5.80. The van der Waals surface area contributed by atoms with E-state index in [1.54, 1.807) is 0 Å². The van der Waals surface area contributed by atoms with Crippen LogP contribution in [0, 0.1) is 0 Å². The average Bonchev–Trinajstić information content (AvgIpc) is 2.85. The van der Waals surface area contributed by atoms with Gasteiger partial charge in [-0.1, -0.05) is 37.3 Å². The Morgan fingerprint density at radius 3 is 2.83 bits per heavy atom. The van der Waals surface area contributed by atoms with Crippen LogP contribution in [0.2, 0.25) is 0 Å². The van der Waals surface area contributed by atoms with Gasteiger partial charge in [-0.05, 0) is 43.8 Å². The van der Waals surface area contributed by atoms with Crippen molar-refractivity contribution in [3.63, 3.8) is 0 Å². The fourth-order valence-corrected chi connectivity index (χ4v) is 2.72. The molecule has 1 aliphatic heterocycles. The summed E-state index contributed by atoms with van der Waals surface area (Å²) < 4.78 is 0. The topological polar surface area (TPSA) is 46.3 Å². The van der Waals surface area contributed by atoms with Crippen LogP contribution in [0.5, 0.6) is 0 Å². The van der Waals surface area contributed by atoms with Gasteiger partial charge in [-0.25, -0.2) is 0 Å². The molecule has 1 heterocycles. The maximum absolute atomic E-state index is 11.3. The highest BCUT2D eigenvalue weighted by Crippen LogP contribution is 2.22. The molecule has 0 unspecified atom stereocenters. The maximum Gasteiger partial charge on any atom is 0.234 e. The molecular formula is C15H22N2O. The number of hydrogen-bond acceptors (Lipinski definition) is 2. The van der Waals surface area contributed by atoms with Crippen molar-refractivity contribution in [3.05, 3.63) is 35.9 Å². The summed E-state index contributed by atoms with van der Waals surface area (Å²) in [5.41, 5.74) is 6.79. The molecule has 2 N–H and O–H groups in total. The van der Waals surface area contributed by atoms with Gasteiger partial charge in [0.15, 0.2) is 0 Å². The lowest BCUT2D eigenvalue weighted by Gasteiger charge is -2.23.